The number of anilines is 1. The van der Waals surface area contributed by atoms with Crippen LogP contribution in [0.5, 0.6) is 0 Å². The van der Waals surface area contributed by atoms with Crippen LogP contribution in [0.4, 0.5) is 5.69 Å². The summed E-state index contributed by atoms with van der Waals surface area (Å²) < 4.78 is 5.59. The molecule has 5 nitrogen and oxygen atoms in total. The van der Waals surface area contributed by atoms with Crippen LogP contribution >= 0.6 is 0 Å². The monoisotopic (exact) mass is 319 g/mol. The Morgan fingerprint density at radius 2 is 2.09 bits per heavy atom. The van der Waals surface area contributed by atoms with Crippen LogP contribution in [0.2, 0.25) is 0 Å². The van der Waals surface area contributed by atoms with Crippen molar-refractivity contribution in [3.63, 3.8) is 0 Å². The molecule has 1 aromatic rings. The number of hydrogen-bond donors (Lipinski definition) is 1. The SMILES string of the molecule is CC1CN(CC(=O)NCCCN(C)c2ccccc2)C(C)CO1. The molecule has 1 N–H and O–H groups in total. The van der Waals surface area contributed by atoms with Crippen LogP contribution < -0.4 is 10.2 Å². The van der Waals surface area contributed by atoms with E-state index >= 15 is 0 Å². The Bertz CT molecular complexity index is 480. The van der Waals surface area contributed by atoms with Gasteiger partial charge in [-0.15, -0.1) is 0 Å². The highest BCUT2D eigenvalue weighted by Crippen LogP contribution is 2.11. The molecule has 0 aliphatic carbocycles. The van der Waals surface area contributed by atoms with Crippen molar-refractivity contribution in [1.29, 1.82) is 0 Å². The van der Waals surface area contributed by atoms with Crippen LogP contribution in [0.1, 0.15) is 20.3 Å². The molecule has 23 heavy (non-hydrogen) atoms. The van der Waals surface area contributed by atoms with Crippen LogP contribution in [0.25, 0.3) is 0 Å². The van der Waals surface area contributed by atoms with Crippen LogP contribution in [0, 0.1) is 0 Å². The maximum atomic E-state index is 12.1. The maximum Gasteiger partial charge on any atom is 0.234 e. The second-order valence-electron chi connectivity index (χ2n) is 6.38. The lowest BCUT2D eigenvalue weighted by Crippen LogP contribution is -2.51. The molecule has 1 aliphatic rings. The molecule has 2 atom stereocenters. The summed E-state index contributed by atoms with van der Waals surface area (Å²) in [6.45, 7) is 7.79. The number of ether oxygens (including phenoxy) is 1. The highest BCUT2D eigenvalue weighted by molar-refractivity contribution is 5.78. The first-order chi connectivity index (χ1) is 11.1. The number of rotatable bonds is 7. The Morgan fingerprint density at radius 1 is 1.35 bits per heavy atom. The molecule has 128 valence electrons. The van der Waals surface area contributed by atoms with Crippen LogP contribution in [0.15, 0.2) is 30.3 Å². The molecule has 0 bridgehead atoms. The zero-order valence-corrected chi connectivity index (χ0v) is 14.5. The van der Waals surface area contributed by atoms with E-state index in [4.69, 9.17) is 4.74 Å². The normalized spacial score (nSPS) is 21.9. The second kappa shape index (κ2) is 8.89. The standard InChI is InChI=1S/C18H29N3O2/c1-15-14-23-16(2)12-21(15)13-18(22)19-10-7-11-20(3)17-8-5-4-6-9-17/h4-6,8-9,15-16H,7,10-14H2,1-3H3,(H,19,22). The van der Waals surface area contributed by atoms with Crippen LogP contribution in [0.3, 0.4) is 0 Å². The summed E-state index contributed by atoms with van der Waals surface area (Å²) in [5.41, 5.74) is 1.20. The number of morpholine rings is 1. The van der Waals surface area contributed by atoms with Gasteiger partial charge < -0.3 is 15.0 Å². The topological polar surface area (TPSA) is 44.8 Å². The summed E-state index contributed by atoms with van der Waals surface area (Å²) in [5.74, 6) is 0.105. The van der Waals surface area contributed by atoms with Gasteiger partial charge in [-0.1, -0.05) is 18.2 Å². The van der Waals surface area contributed by atoms with Gasteiger partial charge in [0, 0.05) is 38.4 Å². The van der Waals surface area contributed by atoms with Crippen molar-refractivity contribution in [2.24, 2.45) is 0 Å². The zero-order chi connectivity index (χ0) is 16.7. The van der Waals surface area contributed by atoms with Crippen molar-refractivity contribution in [1.82, 2.24) is 10.2 Å². The lowest BCUT2D eigenvalue weighted by molar-refractivity contribution is -0.125. The van der Waals surface area contributed by atoms with Gasteiger partial charge in [-0.05, 0) is 32.4 Å². The van der Waals surface area contributed by atoms with E-state index < -0.39 is 0 Å². The first kappa shape index (κ1) is 17.8. The maximum absolute atomic E-state index is 12.1. The third kappa shape index (κ3) is 5.84. The number of hydrogen-bond acceptors (Lipinski definition) is 4. The van der Waals surface area contributed by atoms with E-state index in [9.17, 15) is 4.79 Å². The second-order valence-corrected chi connectivity index (χ2v) is 6.38. The van der Waals surface area contributed by atoms with Gasteiger partial charge in [-0.25, -0.2) is 0 Å². The van der Waals surface area contributed by atoms with Gasteiger partial charge >= 0.3 is 0 Å². The molecular weight excluding hydrogens is 290 g/mol. The highest BCUT2D eigenvalue weighted by Gasteiger charge is 2.24. The predicted molar refractivity (Wildman–Crippen MR) is 93.8 cm³/mol. The van der Waals surface area contributed by atoms with Gasteiger partial charge in [0.05, 0.1) is 19.3 Å². The van der Waals surface area contributed by atoms with E-state index in [1.165, 1.54) is 5.69 Å². The van der Waals surface area contributed by atoms with E-state index in [-0.39, 0.29) is 12.0 Å². The summed E-state index contributed by atoms with van der Waals surface area (Å²) in [6.07, 6.45) is 1.14. The Morgan fingerprint density at radius 3 is 2.83 bits per heavy atom. The molecule has 2 rings (SSSR count). The molecule has 0 saturated carbocycles. The minimum absolute atomic E-state index is 0.105. The molecule has 1 fully saturated rings. The molecule has 0 radical (unpaired) electrons. The molecular formula is C18H29N3O2. The average Bonchev–Trinajstić information content (AvgIpc) is 2.55. The fraction of sp³-hybridized carbons (Fsp3) is 0.611. The van der Waals surface area contributed by atoms with Crippen molar-refractivity contribution in [3.05, 3.63) is 30.3 Å². The largest absolute Gasteiger partial charge is 0.376 e. The zero-order valence-electron chi connectivity index (χ0n) is 14.5. The number of nitrogens with one attached hydrogen (secondary N) is 1. The predicted octanol–water partition coefficient (Wildman–Crippen LogP) is 1.74. The number of para-hydroxylation sites is 1. The average molecular weight is 319 g/mol. The highest BCUT2D eigenvalue weighted by atomic mass is 16.5. The van der Waals surface area contributed by atoms with Crippen molar-refractivity contribution in [3.8, 4) is 0 Å². The molecule has 0 spiro atoms. The van der Waals surface area contributed by atoms with E-state index in [1.807, 2.05) is 18.2 Å². The summed E-state index contributed by atoms with van der Waals surface area (Å²) >= 11 is 0. The number of nitrogens with zero attached hydrogens (tertiary/aromatic N) is 2. The summed E-state index contributed by atoms with van der Waals surface area (Å²) in [7, 11) is 2.08. The summed E-state index contributed by atoms with van der Waals surface area (Å²) in [4.78, 5) is 16.5. The molecule has 5 heteroatoms. The molecule has 1 aliphatic heterocycles. The molecule has 1 aromatic carbocycles. The minimum atomic E-state index is 0.105. The fourth-order valence-corrected chi connectivity index (χ4v) is 2.79. The number of carbonyl (C=O) groups excluding carboxylic acids is 1. The van der Waals surface area contributed by atoms with Gasteiger partial charge in [0.25, 0.3) is 0 Å². The van der Waals surface area contributed by atoms with Crippen LogP contribution in [-0.2, 0) is 9.53 Å². The third-order valence-corrected chi connectivity index (χ3v) is 4.27. The molecule has 2 unspecified atom stereocenters. The fourth-order valence-electron chi connectivity index (χ4n) is 2.79. The van der Waals surface area contributed by atoms with Crippen molar-refractivity contribution >= 4 is 11.6 Å². The quantitative estimate of drug-likeness (QED) is 0.778. The summed E-state index contributed by atoms with van der Waals surface area (Å²) in [6, 6.07) is 10.6. The first-order valence-electron chi connectivity index (χ1n) is 8.45. The van der Waals surface area contributed by atoms with E-state index in [0.717, 1.165) is 19.5 Å². The van der Waals surface area contributed by atoms with Crippen molar-refractivity contribution < 1.29 is 9.53 Å². The molecule has 1 amide bonds. The molecule has 1 heterocycles. The van der Waals surface area contributed by atoms with E-state index in [1.54, 1.807) is 0 Å². The minimum Gasteiger partial charge on any atom is -0.376 e. The molecule has 0 aromatic heterocycles. The Labute approximate surface area is 139 Å². The van der Waals surface area contributed by atoms with Crippen molar-refractivity contribution in [2.75, 3.05) is 44.7 Å². The van der Waals surface area contributed by atoms with E-state index in [0.29, 0.717) is 25.7 Å². The Balaban J connectivity index is 1.63. The van der Waals surface area contributed by atoms with Gasteiger partial charge in [-0.2, -0.15) is 0 Å². The van der Waals surface area contributed by atoms with E-state index in [2.05, 4.69) is 48.1 Å². The first-order valence-corrected chi connectivity index (χ1v) is 8.45. The third-order valence-electron chi connectivity index (χ3n) is 4.27. The van der Waals surface area contributed by atoms with Gasteiger partial charge in [0.1, 0.15) is 0 Å². The number of carbonyl (C=O) groups is 1. The van der Waals surface area contributed by atoms with Crippen molar-refractivity contribution in [2.45, 2.75) is 32.4 Å². The Hall–Kier alpha value is -1.59. The van der Waals surface area contributed by atoms with Crippen LogP contribution in [-0.4, -0.2) is 62.8 Å². The lowest BCUT2D eigenvalue weighted by atomic mass is 10.2. The Kier molecular flexibility index (Phi) is 6.86. The van der Waals surface area contributed by atoms with Gasteiger partial charge in [-0.3, -0.25) is 9.69 Å². The molecule has 1 saturated heterocycles. The summed E-state index contributed by atoms with van der Waals surface area (Å²) in [5, 5.41) is 3.02. The van der Waals surface area contributed by atoms with Gasteiger partial charge in [0.15, 0.2) is 0 Å². The number of amides is 1. The van der Waals surface area contributed by atoms with Gasteiger partial charge in [0.2, 0.25) is 5.91 Å². The lowest BCUT2D eigenvalue weighted by Gasteiger charge is -2.36. The number of benzene rings is 1. The smallest absolute Gasteiger partial charge is 0.234 e.